The molecule has 6 heteroatoms. The first-order chi connectivity index (χ1) is 9.11. The van der Waals surface area contributed by atoms with Crippen LogP contribution in [0.15, 0.2) is 4.52 Å². The highest BCUT2D eigenvalue weighted by atomic mass is 35.5. The normalized spacial score (nSPS) is 23.3. The number of carbonyl (C=O) groups excluding carboxylic acids is 1. The zero-order valence-corrected chi connectivity index (χ0v) is 11.7. The lowest BCUT2D eigenvalue weighted by Gasteiger charge is -2.30. The van der Waals surface area contributed by atoms with E-state index in [1.54, 1.807) is 6.92 Å². The molecule has 0 bridgehead atoms. The van der Waals surface area contributed by atoms with E-state index < -0.39 is 0 Å². The molecule has 2 rings (SSSR count). The van der Waals surface area contributed by atoms with E-state index in [1.807, 2.05) is 0 Å². The summed E-state index contributed by atoms with van der Waals surface area (Å²) in [6, 6.07) is 0.0604. The zero-order valence-electron chi connectivity index (χ0n) is 11.0. The second-order valence-corrected chi connectivity index (χ2v) is 5.44. The van der Waals surface area contributed by atoms with Gasteiger partial charge in [-0.3, -0.25) is 4.79 Å². The van der Waals surface area contributed by atoms with E-state index >= 15 is 0 Å². The molecule has 0 aliphatic heterocycles. The van der Waals surface area contributed by atoms with Gasteiger partial charge in [-0.25, -0.2) is 0 Å². The van der Waals surface area contributed by atoms with E-state index in [9.17, 15) is 9.90 Å². The maximum atomic E-state index is 12.0. The Morgan fingerprint density at radius 2 is 2.26 bits per heavy atom. The van der Waals surface area contributed by atoms with Gasteiger partial charge in [0.1, 0.15) is 0 Å². The second-order valence-electron chi connectivity index (χ2n) is 5.10. The van der Waals surface area contributed by atoms with E-state index in [2.05, 4.69) is 10.5 Å². The molecule has 0 saturated heterocycles. The molecule has 0 aromatic carbocycles. The molecule has 1 saturated carbocycles. The van der Waals surface area contributed by atoms with Crippen molar-refractivity contribution in [2.75, 3.05) is 6.61 Å². The number of carbonyl (C=O) groups is 1. The van der Waals surface area contributed by atoms with Crippen molar-refractivity contribution in [1.82, 2.24) is 10.5 Å². The maximum Gasteiger partial charge on any atom is 0.229 e. The van der Waals surface area contributed by atoms with Crippen LogP contribution in [0.4, 0.5) is 0 Å². The predicted octanol–water partition coefficient (Wildman–Crippen LogP) is 1.85. The van der Waals surface area contributed by atoms with E-state index in [1.165, 1.54) is 0 Å². The molecule has 1 amide bonds. The molecule has 1 fully saturated rings. The van der Waals surface area contributed by atoms with Gasteiger partial charge < -0.3 is 14.9 Å². The van der Waals surface area contributed by atoms with Crippen molar-refractivity contribution >= 4 is 17.5 Å². The summed E-state index contributed by atoms with van der Waals surface area (Å²) in [7, 11) is 0. The van der Waals surface area contributed by atoms with Crippen LogP contribution < -0.4 is 5.32 Å². The Hall–Kier alpha value is -1.07. The average molecular weight is 287 g/mol. The van der Waals surface area contributed by atoms with Crippen LogP contribution in [0.2, 0.25) is 5.22 Å². The lowest BCUT2D eigenvalue weighted by atomic mass is 9.85. The van der Waals surface area contributed by atoms with Gasteiger partial charge in [0.2, 0.25) is 11.1 Å². The number of hydrogen-bond acceptors (Lipinski definition) is 4. The molecular weight excluding hydrogens is 268 g/mol. The third-order valence-electron chi connectivity index (χ3n) is 3.76. The summed E-state index contributed by atoms with van der Waals surface area (Å²) in [5, 5.41) is 16.2. The fourth-order valence-electron chi connectivity index (χ4n) is 2.59. The number of hydrogen-bond donors (Lipinski definition) is 2. The summed E-state index contributed by atoms with van der Waals surface area (Å²) in [5.41, 5.74) is 1.28. The van der Waals surface area contributed by atoms with Crippen LogP contribution in [0.5, 0.6) is 0 Å². The predicted molar refractivity (Wildman–Crippen MR) is 70.9 cm³/mol. The molecule has 0 radical (unpaired) electrons. The first-order valence-electron chi connectivity index (χ1n) is 6.62. The van der Waals surface area contributed by atoms with Gasteiger partial charge in [0.05, 0.1) is 12.1 Å². The quantitative estimate of drug-likeness (QED) is 0.886. The zero-order chi connectivity index (χ0) is 13.8. The highest BCUT2D eigenvalue weighted by Gasteiger charge is 2.26. The standard InChI is InChI=1S/C13H19ClN2O3/c1-8-10(13(14)19-16-8)6-12(18)15-11-5-3-2-4-9(11)7-17/h9,11,17H,2-7H2,1H3,(H,15,18). The molecule has 1 aliphatic rings. The SMILES string of the molecule is Cc1noc(Cl)c1CC(=O)NC1CCCCC1CO. The van der Waals surface area contributed by atoms with Crippen molar-refractivity contribution in [3.63, 3.8) is 0 Å². The molecule has 2 atom stereocenters. The van der Waals surface area contributed by atoms with Crippen LogP contribution in [0.1, 0.15) is 36.9 Å². The largest absolute Gasteiger partial charge is 0.396 e. The molecule has 1 aliphatic carbocycles. The first kappa shape index (κ1) is 14.3. The maximum absolute atomic E-state index is 12.0. The molecule has 1 heterocycles. The highest BCUT2D eigenvalue weighted by molar-refractivity contribution is 6.29. The van der Waals surface area contributed by atoms with Gasteiger partial charge in [-0.2, -0.15) is 0 Å². The number of nitrogens with zero attached hydrogens (tertiary/aromatic N) is 1. The van der Waals surface area contributed by atoms with Crippen LogP contribution in [-0.4, -0.2) is 28.8 Å². The molecule has 1 aromatic rings. The van der Waals surface area contributed by atoms with E-state index in [0.717, 1.165) is 25.7 Å². The van der Waals surface area contributed by atoms with Crippen LogP contribution >= 0.6 is 11.6 Å². The summed E-state index contributed by atoms with van der Waals surface area (Å²) in [6.07, 6.45) is 4.27. The topological polar surface area (TPSA) is 75.4 Å². The summed E-state index contributed by atoms with van der Waals surface area (Å²) in [6.45, 7) is 1.88. The van der Waals surface area contributed by atoms with Crippen molar-refractivity contribution in [2.45, 2.75) is 45.1 Å². The minimum absolute atomic E-state index is 0.0604. The summed E-state index contributed by atoms with van der Waals surface area (Å²) < 4.78 is 4.82. The molecule has 2 unspecified atom stereocenters. The molecule has 106 valence electrons. The average Bonchev–Trinajstić information content (AvgIpc) is 2.71. The summed E-state index contributed by atoms with van der Waals surface area (Å²) in [4.78, 5) is 12.0. The summed E-state index contributed by atoms with van der Waals surface area (Å²) >= 11 is 5.84. The Morgan fingerprint density at radius 1 is 1.53 bits per heavy atom. The van der Waals surface area contributed by atoms with Crippen molar-refractivity contribution in [1.29, 1.82) is 0 Å². The fourth-order valence-corrected chi connectivity index (χ4v) is 2.83. The number of aliphatic hydroxyl groups is 1. The van der Waals surface area contributed by atoms with Crippen LogP contribution in [0.3, 0.4) is 0 Å². The molecular formula is C13H19ClN2O3. The number of nitrogens with one attached hydrogen (secondary N) is 1. The van der Waals surface area contributed by atoms with Gasteiger partial charge in [0.25, 0.3) is 0 Å². The Bertz CT molecular complexity index is 428. The van der Waals surface area contributed by atoms with Crippen molar-refractivity contribution in [2.24, 2.45) is 5.92 Å². The number of halogens is 1. The Kier molecular flexibility index (Phi) is 4.82. The summed E-state index contributed by atoms with van der Waals surface area (Å²) in [5.74, 6) is 0.0651. The number of aryl methyl sites for hydroxylation is 1. The number of amides is 1. The minimum Gasteiger partial charge on any atom is -0.396 e. The van der Waals surface area contributed by atoms with Crippen LogP contribution in [0.25, 0.3) is 0 Å². The van der Waals surface area contributed by atoms with E-state index in [0.29, 0.717) is 11.3 Å². The third kappa shape index (κ3) is 3.48. The Balaban J connectivity index is 1.93. The number of aromatic nitrogens is 1. The van der Waals surface area contributed by atoms with Crippen molar-refractivity contribution in [3.8, 4) is 0 Å². The van der Waals surface area contributed by atoms with Crippen molar-refractivity contribution in [3.05, 3.63) is 16.5 Å². The number of rotatable bonds is 4. The van der Waals surface area contributed by atoms with E-state index in [4.69, 9.17) is 16.1 Å². The highest BCUT2D eigenvalue weighted by Crippen LogP contribution is 2.24. The Morgan fingerprint density at radius 3 is 2.89 bits per heavy atom. The Labute approximate surface area is 117 Å². The minimum atomic E-state index is -0.0986. The monoisotopic (exact) mass is 286 g/mol. The van der Waals surface area contributed by atoms with Gasteiger partial charge in [-0.1, -0.05) is 18.0 Å². The van der Waals surface area contributed by atoms with E-state index in [-0.39, 0.29) is 36.1 Å². The lowest BCUT2D eigenvalue weighted by Crippen LogP contribution is -2.44. The lowest BCUT2D eigenvalue weighted by molar-refractivity contribution is -0.121. The molecule has 5 nitrogen and oxygen atoms in total. The van der Waals surface area contributed by atoms with Gasteiger partial charge in [-0.15, -0.1) is 0 Å². The smallest absolute Gasteiger partial charge is 0.229 e. The first-order valence-corrected chi connectivity index (χ1v) is 7.00. The van der Waals surface area contributed by atoms with Crippen LogP contribution in [0, 0.1) is 12.8 Å². The van der Waals surface area contributed by atoms with Crippen LogP contribution in [-0.2, 0) is 11.2 Å². The van der Waals surface area contributed by atoms with Crippen molar-refractivity contribution < 1.29 is 14.4 Å². The second kappa shape index (κ2) is 6.39. The van der Waals surface area contributed by atoms with Gasteiger partial charge in [-0.05, 0) is 31.4 Å². The molecule has 1 aromatic heterocycles. The number of aliphatic hydroxyl groups excluding tert-OH is 1. The third-order valence-corrected chi connectivity index (χ3v) is 4.06. The molecule has 2 N–H and O–H groups in total. The van der Waals surface area contributed by atoms with Gasteiger partial charge in [0.15, 0.2) is 0 Å². The molecule has 19 heavy (non-hydrogen) atoms. The van der Waals surface area contributed by atoms with Gasteiger partial charge in [0, 0.05) is 24.1 Å². The van der Waals surface area contributed by atoms with Gasteiger partial charge >= 0.3 is 0 Å². The molecule has 0 spiro atoms. The fraction of sp³-hybridized carbons (Fsp3) is 0.692.